The molecule has 7 heteroatoms. The van der Waals surface area contributed by atoms with Gasteiger partial charge < -0.3 is 10.1 Å². The van der Waals surface area contributed by atoms with Crippen LogP contribution in [0.2, 0.25) is 0 Å². The van der Waals surface area contributed by atoms with E-state index in [0.29, 0.717) is 0 Å². The summed E-state index contributed by atoms with van der Waals surface area (Å²) in [5, 5.41) is 2.50. The maximum Gasteiger partial charge on any atom is 0.338 e. The minimum Gasteiger partial charge on any atom is -0.492 e. The molecule has 122 valence electrons. The van der Waals surface area contributed by atoms with Crippen molar-refractivity contribution in [1.82, 2.24) is 10.8 Å². The van der Waals surface area contributed by atoms with E-state index in [1.165, 1.54) is 6.07 Å². The molecule has 2 amide bonds. The number of hydrogen-bond donors (Lipinski definition) is 2. The highest BCUT2D eigenvalue weighted by atomic mass is 19.2. The van der Waals surface area contributed by atoms with Gasteiger partial charge in [-0.05, 0) is 17.7 Å². The van der Waals surface area contributed by atoms with E-state index in [2.05, 4.69) is 10.8 Å². The number of rotatable bonds is 7. The summed E-state index contributed by atoms with van der Waals surface area (Å²) in [6, 6.07) is 12.1. The van der Waals surface area contributed by atoms with Crippen molar-refractivity contribution in [2.75, 3.05) is 13.2 Å². The van der Waals surface area contributed by atoms with Crippen LogP contribution in [0.4, 0.5) is 13.6 Å². The first kappa shape index (κ1) is 16.7. The smallest absolute Gasteiger partial charge is 0.338 e. The van der Waals surface area contributed by atoms with Gasteiger partial charge in [-0.1, -0.05) is 30.3 Å². The molecule has 0 heterocycles. The first-order valence-corrected chi connectivity index (χ1v) is 6.92. The monoisotopic (exact) mass is 322 g/mol. The van der Waals surface area contributed by atoms with E-state index < -0.39 is 17.7 Å². The number of halogens is 2. The molecule has 0 unspecified atom stereocenters. The molecule has 0 fully saturated rings. The molecule has 0 atom stereocenters. The summed E-state index contributed by atoms with van der Waals surface area (Å²) >= 11 is 0. The van der Waals surface area contributed by atoms with Gasteiger partial charge in [0.15, 0.2) is 11.6 Å². The zero-order valence-corrected chi connectivity index (χ0v) is 12.2. The van der Waals surface area contributed by atoms with E-state index in [-0.39, 0.29) is 25.5 Å². The summed E-state index contributed by atoms with van der Waals surface area (Å²) in [6.45, 7) is 0.538. The van der Waals surface area contributed by atoms with Crippen LogP contribution in [0.15, 0.2) is 48.5 Å². The van der Waals surface area contributed by atoms with Crippen LogP contribution in [0.25, 0.3) is 0 Å². The van der Waals surface area contributed by atoms with Crippen molar-refractivity contribution in [3.05, 3.63) is 65.7 Å². The predicted octanol–water partition coefficient (Wildman–Crippen LogP) is 2.77. The molecule has 0 radical (unpaired) electrons. The van der Waals surface area contributed by atoms with E-state index >= 15 is 0 Å². The van der Waals surface area contributed by atoms with Gasteiger partial charge in [0, 0.05) is 6.07 Å². The minimum atomic E-state index is -0.984. The van der Waals surface area contributed by atoms with E-state index in [0.717, 1.165) is 17.7 Å². The van der Waals surface area contributed by atoms with Gasteiger partial charge in [0.2, 0.25) is 0 Å². The Morgan fingerprint density at radius 2 is 1.83 bits per heavy atom. The van der Waals surface area contributed by atoms with Crippen molar-refractivity contribution >= 4 is 6.03 Å². The summed E-state index contributed by atoms with van der Waals surface area (Å²) < 4.78 is 30.8. The number of amides is 2. The number of ether oxygens (including phenoxy) is 1. The minimum absolute atomic E-state index is 0.108. The van der Waals surface area contributed by atoms with Crippen molar-refractivity contribution in [2.45, 2.75) is 6.61 Å². The zero-order chi connectivity index (χ0) is 16.5. The largest absolute Gasteiger partial charge is 0.492 e. The van der Waals surface area contributed by atoms with Crippen LogP contribution in [0.1, 0.15) is 5.56 Å². The lowest BCUT2D eigenvalue weighted by Crippen LogP contribution is -2.37. The number of benzene rings is 2. The van der Waals surface area contributed by atoms with Gasteiger partial charge in [-0.25, -0.2) is 19.1 Å². The van der Waals surface area contributed by atoms with Crippen molar-refractivity contribution in [2.24, 2.45) is 0 Å². The third-order valence-electron chi connectivity index (χ3n) is 2.79. The first-order valence-electron chi connectivity index (χ1n) is 6.92. The van der Waals surface area contributed by atoms with E-state index in [1.807, 2.05) is 30.3 Å². The Balaban J connectivity index is 1.58. The van der Waals surface area contributed by atoms with Crippen molar-refractivity contribution in [3.63, 3.8) is 0 Å². The molecule has 0 saturated heterocycles. The molecule has 5 nitrogen and oxygen atoms in total. The number of carbonyl (C=O) groups excluding carboxylic acids is 1. The second-order valence-corrected chi connectivity index (χ2v) is 4.56. The fourth-order valence-electron chi connectivity index (χ4n) is 1.70. The maximum atomic E-state index is 12.9. The standard InChI is InChI=1S/C16H16F2N2O3/c17-14-7-6-13(10-15(14)18)22-9-8-19-16(21)20-23-11-12-4-2-1-3-5-12/h1-7,10H,8-9,11H2,(H2,19,20,21). The summed E-state index contributed by atoms with van der Waals surface area (Å²) in [5.74, 6) is -1.74. The molecule has 2 rings (SSSR count). The van der Waals surface area contributed by atoms with Gasteiger partial charge in [0.25, 0.3) is 0 Å². The normalized spacial score (nSPS) is 10.2. The number of hydroxylamine groups is 1. The van der Waals surface area contributed by atoms with Crippen molar-refractivity contribution in [1.29, 1.82) is 0 Å². The summed E-state index contributed by atoms with van der Waals surface area (Å²) in [7, 11) is 0. The van der Waals surface area contributed by atoms with Gasteiger partial charge in [0.05, 0.1) is 13.2 Å². The number of nitrogens with one attached hydrogen (secondary N) is 2. The molecule has 0 saturated carbocycles. The second-order valence-electron chi connectivity index (χ2n) is 4.56. The Morgan fingerprint density at radius 1 is 1.04 bits per heavy atom. The molecule has 0 aliphatic rings. The van der Waals surface area contributed by atoms with Gasteiger partial charge in [-0.15, -0.1) is 0 Å². The predicted molar refractivity (Wildman–Crippen MR) is 79.6 cm³/mol. The Morgan fingerprint density at radius 3 is 2.57 bits per heavy atom. The molecule has 23 heavy (non-hydrogen) atoms. The highest BCUT2D eigenvalue weighted by Gasteiger charge is 2.04. The molecule has 0 bridgehead atoms. The number of carbonyl (C=O) groups is 1. The van der Waals surface area contributed by atoms with E-state index in [4.69, 9.17) is 9.57 Å². The van der Waals surface area contributed by atoms with Crippen molar-refractivity contribution in [3.8, 4) is 5.75 Å². The fourth-order valence-corrected chi connectivity index (χ4v) is 1.70. The van der Waals surface area contributed by atoms with Gasteiger partial charge >= 0.3 is 6.03 Å². The summed E-state index contributed by atoms with van der Waals surface area (Å²) in [5.41, 5.74) is 3.16. The molecular formula is C16H16F2N2O3. The number of hydrogen-bond acceptors (Lipinski definition) is 3. The summed E-state index contributed by atoms with van der Waals surface area (Å²) in [6.07, 6.45) is 0. The molecule has 2 aromatic rings. The van der Waals surface area contributed by atoms with Crippen molar-refractivity contribution < 1.29 is 23.1 Å². The topological polar surface area (TPSA) is 59.6 Å². The average molecular weight is 322 g/mol. The van der Waals surface area contributed by atoms with E-state index in [9.17, 15) is 13.6 Å². The van der Waals surface area contributed by atoms with Gasteiger partial charge in [0.1, 0.15) is 12.4 Å². The average Bonchev–Trinajstić information content (AvgIpc) is 2.56. The SMILES string of the molecule is O=C(NCCOc1ccc(F)c(F)c1)NOCc1ccccc1. The Hall–Kier alpha value is -2.67. The summed E-state index contributed by atoms with van der Waals surface area (Å²) in [4.78, 5) is 16.5. The quantitative estimate of drug-likeness (QED) is 0.609. The van der Waals surface area contributed by atoms with Gasteiger partial charge in [-0.2, -0.15) is 0 Å². The Kier molecular flexibility index (Phi) is 6.31. The van der Waals surface area contributed by atoms with Crippen LogP contribution < -0.4 is 15.5 Å². The zero-order valence-electron chi connectivity index (χ0n) is 12.2. The fraction of sp³-hybridized carbons (Fsp3) is 0.188. The number of urea groups is 1. The van der Waals surface area contributed by atoms with E-state index in [1.54, 1.807) is 0 Å². The van der Waals surface area contributed by atoms with Gasteiger partial charge in [-0.3, -0.25) is 4.84 Å². The first-order chi connectivity index (χ1) is 11.1. The molecule has 0 aliphatic heterocycles. The highest BCUT2D eigenvalue weighted by Crippen LogP contribution is 2.14. The lowest BCUT2D eigenvalue weighted by molar-refractivity contribution is 0.0488. The highest BCUT2D eigenvalue weighted by molar-refractivity contribution is 5.72. The molecule has 2 N–H and O–H groups in total. The maximum absolute atomic E-state index is 12.9. The Bertz CT molecular complexity index is 638. The second kappa shape index (κ2) is 8.70. The molecule has 0 aliphatic carbocycles. The van der Waals surface area contributed by atoms with Crippen LogP contribution in [-0.2, 0) is 11.4 Å². The van der Waals surface area contributed by atoms with Crippen LogP contribution in [0.3, 0.4) is 0 Å². The van der Waals surface area contributed by atoms with Crippen LogP contribution in [0, 0.1) is 11.6 Å². The lowest BCUT2D eigenvalue weighted by atomic mass is 10.2. The van der Waals surface area contributed by atoms with Crippen LogP contribution >= 0.6 is 0 Å². The third kappa shape index (κ3) is 5.91. The molecule has 0 spiro atoms. The molecule has 2 aromatic carbocycles. The van der Waals surface area contributed by atoms with Crippen LogP contribution in [0.5, 0.6) is 5.75 Å². The molecular weight excluding hydrogens is 306 g/mol. The Labute approximate surface area is 132 Å². The van der Waals surface area contributed by atoms with Crippen LogP contribution in [-0.4, -0.2) is 19.2 Å². The lowest BCUT2D eigenvalue weighted by Gasteiger charge is -2.09. The molecule has 0 aromatic heterocycles. The third-order valence-corrected chi connectivity index (χ3v) is 2.79.